The van der Waals surface area contributed by atoms with Gasteiger partial charge in [0.25, 0.3) is 0 Å². The number of carbonyl (C=O) groups excluding carboxylic acids is 3. The molecule has 154 valence electrons. The lowest BCUT2D eigenvalue weighted by molar-refractivity contribution is -0.303. The Kier molecular flexibility index (Phi) is 7.91. The summed E-state index contributed by atoms with van der Waals surface area (Å²) in [4.78, 5) is 34.3. The fourth-order valence-electron chi connectivity index (χ4n) is 2.83. The molecule has 1 N–H and O–H groups in total. The van der Waals surface area contributed by atoms with E-state index in [1.165, 1.54) is 20.8 Å². The van der Waals surface area contributed by atoms with Gasteiger partial charge in [-0.2, -0.15) is 0 Å². The van der Waals surface area contributed by atoms with Gasteiger partial charge in [-0.25, -0.2) is 0 Å². The summed E-state index contributed by atoms with van der Waals surface area (Å²) in [6.07, 6.45) is -5.95. The summed E-state index contributed by atoms with van der Waals surface area (Å²) in [5.74, 6) is -1.89. The Balaban J connectivity index is 2.22. The normalized spacial score (nSPS) is 26.9. The van der Waals surface area contributed by atoms with Crippen molar-refractivity contribution in [1.82, 2.24) is 0 Å². The lowest BCUT2D eigenvalue weighted by atomic mass is 9.98. The van der Waals surface area contributed by atoms with Gasteiger partial charge < -0.3 is 28.8 Å². The van der Waals surface area contributed by atoms with Crippen molar-refractivity contribution in [3.63, 3.8) is 0 Å². The number of rotatable bonds is 7. The topological polar surface area (TPSA) is 118 Å². The summed E-state index contributed by atoms with van der Waals surface area (Å²) in [5, 5.41) is 10.4. The van der Waals surface area contributed by atoms with E-state index in [0.29, 0.717) is 0 Å². The van der Waals surface area contributed by atoms with Gasteiger partial charge in [0.2, 0.25) is 0 Å². The Morgan fingerprint density at radius 1 is 0.929 bits per heavy atom. The molecule has 1 heterocycles. The van der Waals surface area contributed by atoms with Crippen LogP contribution in [0.3, 0.4) is 0 Å². The maximum atomic E-state index is 11.6. The molecule has 1 aromatic rings. The average Bonchev–Trinajstić information content (AvgIpc) is 2.62. The number of esters is 3. The highest BCUT2D eigenvalue weighted by molar-refractivity contribution is 5.67. The zero-order valence-corrected chi connectivity index (χ0v) is 15.9. The van der Waals surface area contributed by atoms with E-state index in [4.69, 9.17) is 23.7 Å². The molecule has 1 aliphatic heterocycles. The number of hydrogen-bond donors (Lipinski definition) is 1. The number of carbonyl (C=O) groups is 3. The minimum absolute atomic E-state index is 0.102. The van der Waals surface area contributed by atoms with Crippen LogP contribution in [0.15, 0.2) is 30.3 Å². The zero-order valence-electron chi connectivity index (χ0n) is 15.9. The van der Waals surface area contributed by atoms with Gasteiger partial charge in [0.1, 0.15) is 18.8 Å². The molecule has 9 nitrogen and oxygen atoms in total. The van der Waals surface area contributed by atoms with Gasteiger partial charge in [-0.3, -0.25) is 14.4 Å². The molecule has 28 heavy (non-hydrogen) atoms. The number of aliphatic hydroxyl groups is 1. The van der Waals surface area contributed by atoms with Gasteiger partial charge in [0.05, 0.1) is 6.61 Å². The third-order valence-corrected chi connectivity index (χ3v) is 3.95. The summed E-state index contributed by atoms with van der Waals surface area (Å²) in [6, 6.07) is 9.15. The average molecular weight is 396 g/mol. The fourth-order valence-corrected chi connectivity index (χ4v) is 2.83. The van der Waals surface area contributed by atoms with E-state index in [-0.39, 0.29) is 13.2 Å². The molecule has 1 aliphatic rings. The third kappa shape index (κ3) is 6.29. The summed E-state index contributed by atoms with van der Waals surface area (Å²) in [5.41, 5.74) is 0.822. The summed E-state index contributed by atoms with van der Waals surface area (Å²) in [6.45, 7) is 3.37. The van der Waals surface area contributed by atoms with E-state index < -0.39 is 48.6 Å². The maximum absolute atomic E-state index is 11.6. The van der Waals surface area contributed by atoms with Crippen LogP contribution in [0.1, 0.15) is 26.3 Å². The Morgan fingerprint density at radius 3 is 2.11 bits per heavy atom. The number of aliphatic hydroxyl groups excluding tert-OH is 1. The van der Waals surface area contributed by atoms with Crippen LogP contribution in [-0.4, -0.2) is 60.3 Å². The fraction of sp³-hybridized carbons (Fsp3) is 0.526. The Morgan fingerprint density at radius 2 is 1.54 bits per heavy atom. The third-order valence-electron chi connectivity index (χ3n) is 3.95. The molecule has 0 radical (unpaired) electrons. The number of hydrogen-bond acceptors (Lipinski definition) is 9. The highest BCUT2D eigenvalue weighted by Gasteiger charge is 2.50. The highest BCUT2D eigenvalue weighted by atomic mass is 16.7. The van der Waals surface area contributed by atoms with Crippen molar-refractivity contribution in [1.29, 1.82) is 0 Å². The van der Waals surface area contributed by atoms with Crippen molar-refractivity contribution in [2.75, 3.05) is 6.61 Å². The first-order chi connectivity index (χ1) is 13.3. The first kappa shape index (κ1) is 21.8. The second-order valence-corrected chi connectivity index (χ2v) is 6.28. The van der Waals surface area contributed by atoms with Gasteiger partial charge in [-0.1, -0.05) is 30.3 Å². The Labute approximate surface area is 162 Å². The van der Waals surface area contributed by atoms with E-state index in [0.717, 1.165) is 5.56 Å². The van der Waals surface area contributed by atoms with Crippen molar-refractivity contribution in [2.45, 2.75) is 58.1 Å². The molecule has 1 fully saturated rings. The molecule has 1 saturated heterocycles. The lowest BCUT2D eigenvalue weighted by Crippen LogP contribution is -2.62. The molecule has 0 amide bonds. The van der Waals surface area contributed by atoms with Crippen LogP contribution in [0.25, 0.3) is 0 Å². The predicted octanol–water partition coefficient (Wildman–Crippen LogP) is 0.715. The molecule has 0 aromatic heterocycles. The summed E-state index contributed by atoms with van der Waals surface area (Å²) in [7, 11) is 0. The second kappa shape index (κ2) is 10.2. The molecule has 0 bridgehead atoms. The zero-order chi connectivity index (χ0) is 20.7. The quantitative estimate of drug-likeness (QED) is 0.525. The molecule has 0 saturated carbocycles. The molecule has 1 aromatic carbocycles. The number of ether oxygens (including phenoxy) is 5. The van der Waals surface area contributed by atoms with Gasteiger partial charge in [-0.15, -0.1) is 0 Å². The van der Waals surface area contributed by atoms with E-state index in [1.54, 1.807) is 0 Å². The molecule has 2 rings (SSSR count). The second-order valence-electron chi connectivity index (χ2n) is 6.28. The van der Waals surface area contributed by atoms with Crippen LogP contribution in [0.4, 0.5) is 0 Å². The van der Waals surface area contributed by atoms with Crippen molar-refractivity contribution in [3.05, 3.63) is 35.9 Å². The Bertz CT molecular complexity index is 675. The Hall–Kier alpha value is -2.49. The van der Waals surface area contributed by atoms with Crippen LogP contribution in [0.2, 0.25) is 0 Å². The monoisotopic (exact) mass is 396 g/mol. The van der Waals surface area contributed by atoms with Crippen molar-refractivity contribution < 1.29 is 43.2 Å². The summed E-state index contributed by atoms with van der Waals surface area (Å²) < 4.78 is 26.6. The van der Waals surface area contributed by atoms with E-state index in [1.807, 2.05) is 30.3 Å². The standard InChI is InChI=1S/C19H24O9/c1-11(20)24-10-15-16(26-12(2)21)17(27-13(3)22)18(19(23)28-15)25-9-14-7-5-4-6-8-14/h4-8,15-19,23H,9-10H2,1-3H3/t15-,16-,17+,18+,19+/m0/s1. The van der Waals surface area contributed by atoms with Crippen molar-refractivity contribution in [3.8, 4) is 0 Å². The minimum atomic E-state index is -1.50. The van der Waals surface area contributed by atoms with Crippen molar-refractivity contribution in [2.24, 2.45) is 0 Å². The number of benzene rings is 1. The summed E-state index contributed by atoms with van der Waals surface area (Å²) >= 11 is 0. The molecule has 5 atom stereocenters. The highest BCUT2D eigenvalue weighted by Crippen LogP contribution is 2.28. The van der Waals surface area contributed by atoms with E-state index in [2.05, 4.69) is 0 Å². The van der Waals surface area contributed by atoms with Gasteiger partial charge >= 0.3 is 17.9 Å². The van der Waals surface area contributed by atoms with E-state index >= 15 is 0 Å². The van der Waals surface area contributed by atoms with Crippen LogP contribution >= 0.6 is 0 Å². The largest absolute Gasteiger partial charge is 0.463 e. The SMILES string of the molecule is CC(=O)OC[C@@H]1O[C@@H](O)[C@H](OCc2ccccc2)[C@H](OC(C)=O)[C@H]1OC(C)=O. The van der Waals surface area contributed by atoms with E-state index in [9.17, 15) is 19.5 Å². The van der Waals surface area contributed by atoms with Crippen LogP contribution in [0, 0.1) is 0 Å². The molecule has 9 heteroatoms. The minimum Gasteiger partial charge on any atom is -0.463 e. The maximum Gasteiger partial charge on any atom is 0.303 e. The predicted molar refractivity (Wildman–Crippen MR) is 93.6 cm³/mol. The first-order valence-corrected chi connectivity index (χ1v) is 8.74. The lowest BCUT2D eigenvalue weighted by Gasteiger charge is -2.43. The van der Waals surface area contributed by atoms with Gasteiger partial charge in [0, 0.05) is 20.8 Å². The molecular weight excluding hydrogens is 372 g/mol. The van der Waals surface area contributed by atoms with Crippen LogP contribution in [0.5, 0.6) is 0 Å². The van der Waals surface area contributed by atoms with Gasteiger partial charge in [-0.05, 0) is 5.56 Å². The molecule has 0 spiro atoms. The smallest absolute Gasteiger partial charge is 0.303 e. The molecule has 0 unspecified atom stereocenters. The molecular formula is C19H24O9. The first-order valence-electron chi connectivity index (χ1n) is 8.74. The molecule has 0 aliphatic carbocycles. The van der Waals surface area contributed by atoms with Crippen LogP contribution < -0.4 is 0 Å². The van der Waals surface area contributed by atoms with Crippen LogP contribution in [-0.2, 0) is 44.7 Å². The van der Waals surface area contributed by atoms with Gasteiger partial charge in [0.15, 0.2) is 18.5 Å². The van der Waals surface area contributed by atoms with Crippen molar-refractivity contribution >= 4 is 17.9 Å².